The SMILES string of the molecule is CCC(C)(C)n1nnnc1[C@H](c1cc(OC)ccc1OC)N1CCc2ccccc2C1. The fourth-order valence-electron chi connectivity index (χ4n) is 4.24. The van der Waals surface area contributed by atoms with Gasteiger partial charge < -0.3 is 9.47 Å². The molecule has 0 bridgehead atoms. The van der Waals surface area contributed by atoms with Gasteiger partial charge in [-0.05, 0) is 66.4 Å². The average Bonchev–Trinajstić information content (AvgIpc) is 3.29. The zero-order valence-corrected chi connectivity index (χ0v) is 19.0. The second-order valence-corrected chi connectivity index (χ2v) is 8.61. The zero-order valence-electron chi connectivity index (χ0n) is 19.0. The van der Waals surface area contributed by atoms with Crippen molar-refractivity contribution in [1.82, 2.24) is 25.1 Å². The number of nitrogens with zero attached hydrogens (tertiary/aromatic N) is 5. The molecule has 0 aliphatic carbocycles. The van der Waals surface area contributed by atoms with E-state index in [1.807, 2.05) is 22.9 Å². The third-order valence-corrected chi connectivity index (χ3v) is 6.43. The van der Waals surface area contributed by atoms with Gasteiger partial charge in [0.15, 0.2) is 5.82 Å². The summed E-state index contributed by atoms with van der Waals surface area (Å²) in [6.07, 6.45) is 1.90. The van der Waals surface area contributed by atoms with E-state index in [9.17, 15) is 0 Å². The maximum absolute atomic E-state index is 5.78. The van der Waals surface area contributed by atoms with Gasteiger partial charge in [-0.25, -0.2) is 4.68 Å². The van der Waals surface area contributed by atoms with E-state index in [2.05, 4.69) is 65.5 Å². The summed E-state index contributed by atoms with van der Waals surface area (Å²) < 4.78 is 13.3. The molecule has 0 amide bonds. The van der Waals surface area contributed by atoms with Crippen molar-refractivity contribution in [2.24, 2.45) is 0 Å². The first-order valence-corrected chi connectivity index (χ1v) is 10.8. The van der Waals surface area contributed by atoms with Crippen molar-refractivity contribution < 1.29 is 9.47 Å². The lowest BCUT2D eigenvalue weighted by atomic mass is 9.94. The van der Waals surface area contributed by atoms with Crippen LogP contribution < -0.4 is 9.47 Å². The van der Waals surface area contributed by atoms with Crippen molar-refractivity contribution >= 4 is 0 Å². The first-order chi connectivity index (χ1) is 15.0. The van der Waals surface area contributed by atoms with Gasteiger partial charge in [0.1, 0.15) is 17.5 Å². The Hall–Kier alpha value is -2.93. The summed E-state index contributed by atoms with van der Waals surface area (Å²) in [5, 5.41) is 13.0. The number of ether oxygens (including phenoxy) is 2. The molecular formula is C24H31N5O2. The van der Waals surface area contributed by atoms with E-state index in [4.69, 9.17) is 9.47 Å². The van der Waals surface area contributed by atoms with Crippen molar-refractivity contribution in [2.75, 3.05) is 20.8 Å². The second kappa shape index (κ2) is 8.67. The molecule has 0 spiro atoms. The Balaban J connectivity index is 1.87. The van der Waals surface area contributed by atoms with Crippen LogP contribution in [0.4, 0.5) is 0 Å². The van der Waals surface area contributed by atoms with E-state index >= 15 is 0 Å². The summed E-state index contributed by atoms with van der Waals surface area (Å²) in [7, 11) is 3.38. The van der Waals surface area contributed by atoms with Crippen molar-refractivity contribution in [2.45, 2.75) is 51.7 Å². The van der Waals surface area contributed by atoms with Crippen LogP contribution >= 0.6 is 0 Å². The minimum atomic E-state index is -0.211. The van der Waals surface area contributed by atoms with Gasteiger partial charge >= 0.3 is 0 Å². The molecule has 2 heterocycles. The lowest BCUT2D eigenvalue weighted by molar-refractivity contribution is 0.178. The number of methoxy groups -OCH3 is 2. The molecule has 164 valence electrons. The highest BCUT2D eigenvalue weighted by Gasteiger charge is 2.35. The molecule has 1 aliphatic rings. The summed E-state index contributed by atoms with van der Waals surface area (Å²) >= 11 is 0. The van der Waals surface area contributed by atoms with Crippen LogP contribution in [0.3, 0.4) is 0 Å². The van der Waals surface area contributed by atoms with Gasteiger partial charge in [0.2, 0.25) is 0 Å². The Bertz CT molecular complexity index is 1050. The van der Waals surface area contributed by atoms with Gasteiger partial charge in [0.05, 0.1) is 19.8 Å². The predicted octanol–water partition coefficient (Wildman–Crippen LogP) is 3.98. The van der Waals surface area contributed by atoms with E-state index in [1.54, 1.807) is 14.2 Å². The third-order valence-electron chi connectivity index (χ3n) is 6.43. The molecule has 1 aliphatic heterocycles. The molecule has 0 saturated heterocycles. The number of hydrogen-bond donors (Lipinski definition) is 0. The van der Waals surface area contributed by atoms with Crippen LogP contribution in [0.25, 0.3) is 0 Å². The van der Waals surface area contributed by atoms with Gasteiger partial charge in [-0.1, -0.05) is 31.2 Å². The maximum atomic E-state index is 5.78. The normalized spacial score (nSPS) is 15.4. The summed E-state index contributed by atoms with van der Waals surface area (Å²) in [5.41, 5.74) is 3.54. The first kappa shape index (κ1) is 21.3. The van der Waals surface area contributed by atoms with Crippen LogP contribution in [0.5, 0.6) is 11.5 Å². The summed E-state index contributed by atoms with van der Waals surface area (Å²) in [4.78, 5) is 2.44. The maximum Gasteiger partial charge on any atom is 0.173 e. The van der Waals surface area contributed by atoms with Crippen LogP contribution in [-0.4, -0.2) is 45.9 Å². The van der Waals surface area contributed by atoms with Crippen molar-refractivity contribution in [3.05, 3.63) is 65.0 Å². The quantitative estimate of drug-likeness (QED) is 0.575. The third kappa shape index (κ3) is 4.02. The van der Waals surface area contributed by atoms with Crippen LogP contribution in [0.15, 0.2) is 42.5 Å². The largest absolute Gasteiger partial charge is 0.497 e. The number of benzene rings is 2. The first-order valence-electron chi connectivity index (χ1n) is 10.8. The van der Waals surface area contributed by atoms with Crippen LogP contribution in [0, 0.1) is 0 Å². The summed E-state index contributed by atoms with van der Waals surface area (Å²) in [5.74, 6) is 2.40. The smallest absolute Gasteiger partial charge is 0.173 e. The number of aromatic nitrogens is 4. The molecular weight excluding hydrogens is 390 g/mol. The lowest BCUT2D eigenvalue weighted by Crippen LogP contribution is -2.39. The Morgan fingerprint density at radius 2 is 1.84 bits per heavy atom. The topological polar surface area (TPSA) is 65.3 Å². The van der Waals surface area contributed by atoms with Crippen molar-refractivity contribution in [1.29, 1.82) is 0 Å². The monoisotopic (exact) mass is 421 g/mol. The fraction of sp³-hybridized carbons (Fsp3) is 0.458. The highest BCUT2D eigenvalue weighted by atomic mass is 16.5. The molecule has 31 heavy (non-hydrogen) atoms. The van der Waals surface area contributed by atoms with E-state index in [-0.39, 0.29) is 11.6 Å². The molecule has 0 radical (unpaired) electrons. The van der Waals surface area contributed by atoms with E-state index in [1.165, 1.54) is 11.1 Å². The fourth-order valence-corrected chi connectivity index (χ4v) is 4.24. The summed E-state index contributed by atoms with van der Waals surface area (Å²) in [6, 6.07) is 14.4. The Morgan fingerprint density at radius 1 is 1.06 bits per heavy atom. The van der Waals surface area contributed by atoms with E-state index in [0.29, 0.717) is 0 Å². The molecule has 1 aromatic heterocycles. The zero-order chi connectivity index (χ0) is 22.0. The summed E-state index contributed by atoms with van der Waals surface area (Å²) in [6.45, 7) is 8.21. The molecule has 0 fully saturated rings. The number of fused-ring (bicyclic) bond motifs is 1. The molecule has 7 nitrogen and oxygen atoms in total. The Morgan fingerprint density at radius 3 is 2.55 bits per heavy atom. The molecule has 0 unspecified atom stereocenters. The highest BCUT2D eigenvalue weighted by molar-refractivity contribution is 5.45. The number of hydrogen-bond acceptors (Lipinski definition) is 6. The van der Waals surface area contributed by atoms with Gasteiger partial charge in [-0.15, -0.1) is 5.10 Å². The highest BCUT2D eigenvalue weighted by Crippen LogP contribution is 2.39. The molecule has 0 N–H and O–H groups in total. The molecule has 2 aromatic carbocycles. The average molecular weight is 422 g/mol. The Kier molecular flexibility index (Phi) is 5.96. The molecule has 3 aromatic rings. The van der Waals surface area contributed by atoms with Crippen LogP contribution in [0.2, 0.25) is 0 Å². The van der Waals surface area contributed by atoms with Gasteiger partial charge in [-0.3, -0.25) is 4.90 Å². The van der Waals surface area contributed by atoms with Gasteiger partial charge in [0.25, 0.3) is 0 Å². The molecule has 7 heteroatoms. The predicted molar refractivity (Wildman–Crippen MR) is 119 cm³/mol. The minimum absolute atomic E-state index is 0.167. The molecule has 1 atom stereocenters. The standard InChI is InChI=1S/C24H31N5O2/c1-6-24(2,3)29-23(25-26-27-29)22(20-15-19(30-4)11-12-21(20)31-5)28-14-13-17-9-7-8-10-18(17)16-28/h7-12,15,22H,6,13-14,16H2,1-5H3/t22-/m0/s1. The van der Waals surface area contributed by atoms with Crippen LogP contribution in [-0.2, 0) is 18.5 Å². The van der Waals surface area contributed by atoms with E-state index < -0.39 is 0 Å². The molecule has 0 saturated carbocycles. The van der Waals surface area contributed by atoms with Gasteiger partial charge in [0, 0.05) is 18.7 Å². The number of rotatable bonds is 7. The van der Waals surface area contributed by atoms with Crippen molar-refractivity contribution in [3.63, 3.8) is 0 Å². The molecule has 4 rings (SSSR count). The number of tetrazole rings is 1. The minimum Gasteiger partial charge on any atom is -0.497 e. The van der Waals surface area contributed by atoms with E-state index in [0.717, 1.165) is 48.8 Å². The lowest BCUT2D eigenvalue weighted by Gasteiger charge is -2.37. The van der Waals surface area contributed by atoms with Gasteiger partial charge in [-0.2, -0.15) is 0 Å². The van der Waals surface area contributed by atoms with Crippen molar-refractivity contribution in [3.8, 4) is 11.5 Å². The second-order valence-electron chi connectivity index (χ2n) is 8.61. The Labute approximate surface area is 184 Å². The van der Waals surface area contributed by atoms with Crippen LogP contribution in [0.1, 0.15) is 55.7 Å².